The molecule has 0 aromatic heterocycles. The van der Waals surface area contributed by atoms with Crippen LogP contribution in [-0.2, 0) is 4.79 Å². The van der Waals surface area contributed by atoms with Crippen molar-refractivity contribution in [1.29, 1.82) is 0 Å². The third kappa shape index (κ3) is 6.05. The number of carbonyl (C=O) groups is 1. The summed E-state index contributed by atoms with van der Waals surface area (Å²) in [6, 6.07) is 15.0. The van der Waals surface area contributed by atoms with Crippen LogP contribution in [0.4, 0.5) is 0 Å². The Morgan fingerprint density at radius 1 is 1.04 bits per heavy atom. The lowest BCUT2D eigenvalue weighted by atomic mass is 10.1. The summed E-state index contributed by atoms with van der Waals surface area (Å²) in [6.07, 6.45) is 6.52. The van der Waals surface area contributed by atoms with Gasteiger partial charge in [-0.15, -0.1) is 0 Å². The fraction of sp³-hybridized carbons (Fsp3) is 0.105. The van der Waals surface area contributed by atoms with Gasteiger partial charge in [-0.2, -0.15) is 0 Å². The van der Waals surface area contributed by atoms with Crippen LogP contribution in [0.3, 0.4) is 0 Å². The number of halogens is 2. The summed E-state index contributed by atoms with van der Waals surface area (Å²) < 4.78 is 5.47. The highest BCUT2D eigenvalue weighted by Crippen LogP contribution is 2.16. The van der Waals surface area contributed by atoms with Gasteiger partial charge in [0.15, 0.2) is 5.78 Å². The van der Waals surface area contributed by atoms with Crippen LogP contribution in [0.25, 0.3) is 12.2 Å². The van der Waals surface area contributed by atoms with Crippen LogP contribution in [-0.4, -0.2) is 17.7 Å². The molecule has 0 fully saturated rings. The van der Waals surface area contributed by atoms with Gasteiger partial charge >= 0.3 is 0 Å². The molecular formula is C19H16BrClO2. The van der Waals surface area contributed by atoms with Gasteiger partial charge in [-0.05, 0) is 47.6 Å². The normalized spacial score (nSPS) is 11.2. The van der Waals surface area contributed by atoms with Gasteiger partial charge in [-0.25, -0.2) is 0 Å². The molecule has 2 rings (SSSR count). The Labute approximate surface area is 149 Å². The van der Waals surface area contributed by atoms with E-state index in [9.17, 15) is 4.79 Å². The quantitative estimate of drug-likeness (QED) is 0.466. The Kier molecular flexibility index (Phi) is 7.11. The molecule has 0 heterocycles. The lowest BCUT2D eigenvalue weighted by molar-refractivity contribution is -0.110. The fourth-order valence-corrected chi connectivity index (χ4v) is 2.21. The molecule has 0 bridgehead atoms. The van der Waals surface area contributed by atoms with Crippen LogP contribution in [0.5, 0.6) is 5.75 Å². The van der Waals surface area contributed by atoms with Gasteiger partial charge in [0.05, 0.1) is 6.61 Å². The van der Waals surface area contributed by atoms with Gasteiger partial charge in [0.2, 0.25) is 0 Å². The molecule has 0 amide bonds. The van der Waals surface area contributed by atoms with Crippen molar-refractivity contribution in [2.75, 3.05) is 11.9 Å². The van der Waals surface area contributed by atoms with E-state index in [4.69, 9.17) is 16.3 Å². The van der Waals surface area contributed by atoms with E-state index in [1.54, 1.807) is 18.2 Å². The maximum absolute atomic E-state index is 11.9. The van der Waals surface area contributed by atoms with Crippen molar-refractivity contribution in [2.45, 2.75) is 0 Å². The average Bonchev–Trinajstić information content (AvgIpc) is 2.58. The van der Waals surface area contributed by atoms with Gasteiger partial charge in [-0.3, -0.25) is 4.79 Å². The number of rotatable bonds is 7. The van der Waals surface area contributed by atoms with E-state index in [0.717, 1.165) is 22.2 Å². The average molecular weight is 392 g/mol. The smallest absolute Gasteiger partial charge is 0.178 e. The Morgan fingerprint density at radius 2 is 1.74 bits per heavy atom. The van der Waals surface area contributed by atoms with Crippen molar-refractivity contribution in [3.63, 3.8) is 0 Å². The van der Waals surface area contributed by atoms with Gasteiger partial charge in [0, 0.05) is 10.4 Å². The molecule has 0 aliphatic rings. The third-order valence-electron chi connectivity index (χ3n) is 3.00. The SMILES string of the molecule is O=C(C=Cc1ccc(OCCBr)cc1)C=Cc1ccccc1Cl. The lowest BCUT2D eigenvalue weighted by Crippen LogP contribution is -1.97. The Morgan fingerprint density at radius 3 is 2.43 bits per heavy atom. The highest BCUT2D eigenvalue weighted by atomic mass is 79.9. The van der Waals surface area contributed by atoms with Crippen LogP contribution in [0.1, 0.15) is 11.1 Å². The van der Waals surface area contributed by atoms with Gasteiger partial charge in [0.1, 0.15) is 5.75 Å². The Balaban J connectivity index is 1.94. The van der Waals surface area contributed by atoms with Crippen LogP contribution in [0, 0.1) is 0 Å². The molecule has 118 valence electrons. The van der Waals surface area contributed by atoms with Crippen LogP contribution in [0.15, 0.2) is 60.7 Å². The number of ketones is 1. The maximum Gasteiger partial charge on any atom is 0.178 e. The number of benzene rings is 2. The third-order valence-corrected chi connectivity index (χ3v) is 3.67. The largest absolute Gasteiger partial charge is 0.493 e. The number of ether oxygens (including phenoxy) is 1. The number of carbonyl (C=O) groups excluding carboxylic acids is 1. The van der Waals surface area contributed by atoms with E-state index in [1.165, 1.54) is 12.2 Å². The van der Waals surface area contributed by atoms with Crippen LogP contribution in [0.2, 0.25) is 5.02 Å². The van der Waals surface area contributed by atoms with Crippen molar-refractivity contribution in [1.82, 2.24) is 0 Å². The summed E-state index contributed by atoms with van der Waals surface area (Å²) in [4.78, 5) is 11.9. The van der Waals surface area contributed by atoms with E-state index in [2.05, 4.69) is 15.9 Å². The first-order valence-corrected chi connectivity index (χ1v) is 8.62. The summed E-state index contributed by atoms with van der Waals surface area (Å²) in [5.74, 6) is 0.719. The van der Waals surface area contributed by atoms with E-state index in [1.807, 2.05) is 42.5 Å². The van der Waals surface area contributed by atoms with Crippen molar-refractivity contribution < 1.29 is 9.53 Å². The van der Waals surface area contributed by atoms with Crippen molar-refractivity contribution in [3.05, 3.63) is 76.8 Å². The summed E-state index contributed by atoms with van der Waals surface area (Å²) in [6.45, 7) is 0.626. The topological polar surface area (TPSA) is 26.3 Å². The predicted octanol–water partition coefficient (Wildman–Crippen LogP) is 5.41. The Hall–Kier alpha value is -1.84. The monoisotopic (exact) mass is 390 g/mol. The van der Waals surface area contributed by atoms with Gasteiger partial charge in [0.25, 0.3) is 0 Å². The fourth-order valence-electron chi connectivity index (χ4n) is 1.85. The van der Waals surface area contributed by atoms with E-state index >= 15 is 0 Å². The lowest BCUT2D eigenvalue weighted by Gasteiger charge is -2.03. The molecule has 0 aliphatic heterocycles. The zero-order valence-electron chi connectivity index (χ0n) is 12.4. The summed E-state index contributed by atoms with van der Waals surface area (Å²) in [7, 11) is 0. The Bertz CT molecular complexity index is 706. The second-order valence-electron chi connectivity index (χ2n) is 4.70. The zero-order valence-corrected chi connectivity index (χ0v) is 14.8. The molecule has 2 aromatic carbocycles. The standard InChI is InChI=1S/C19H16BrClO2/c20-13-14-23-18-11-6-15(7-12-18)5-9-17(22)10-8-16-3-1-2-4-19(16)21/h1-12H,13-14H2. The molecule has 0 atom stereocenters. The van der Waals surface area contributed by atoms with Crippen molar-refractivity contribution in [2.24, 2.45) is 0 Å². The molecule has 0 spiro atoms. The van der Waals surface area contributed by atoms with Crippen LogP contribution < -0.4 is 4.74 Å². The molecule has 4 heteroatoms. The molecule has 0 radical (unpaired) electrons. The number of allylic oxidation sites excluding steroid dienone is 2. The van der Waals surface area contributed by atoms with E-state index < -0.39 is 0 Å². The van der Waals surface area contributed by atoms with Gasteiger partial charge in [-0.1, -0.05) is 63.9 Å². The molecule has 2 nitrogen and oxygen atoms in total. The minimum absolute atomic E-state index is 0.0930. The summed E-state index contributed by atoms with van der Waals surface area (Å²) in [5.41, 5.74) is 1.76. The number of hydrogen-bond acceptors (Lipinski definition) is 2. The predicted molar refractivity (Wildman–Crippen MR) is 100 cm³/mol. The maximum atomic E-state index is 11.9. The minimum atomic E-state index is -0.0930. The molecule has 23 heavy (non-hydrogen) atoms. The minimum Gasteiger partial charge on any atom is -0.493 e. The molecule has 0 saturated heterocycles. The molecule has 2 aromatic rings. The first-order valence-electron chi connectivity index (χ1n) is 7.12. The number of hydrogen-bond donors (Lipinski definition) is 0. The zero-order chi connectivity index (χ0) is 16.5. The van der Waals surface area contributed by atoms with E-state index in [0.29, 0.717) is 11.6 Å². The van der Waals surface area contributed by atoms with Crippen molar-refractivity contribution in [3.8, 4) is 5.75 Å². The first kappa shape index (κ1) is 17.5. The van der Waals surface area contributed by atoms with Gasteiger partial charge < -0.3 is 4.74 Å². The second kappa shape index (κ2) is 9.33. The second-order valence-corrected chi connectivity index (χ2v) is 5.90. The molecule has 0 saturated carbocycles. The number of alkyl halides is 1. The van der Waals surface area contributed by atoms with Crippen LogP contribution >= 0.6 is 27.5 Å². The molecular weight excluding hydrogens is 376 g/mol. The van der Waals surface area contributed by atoms with Crippen molar-refractivity contribution >= 4 is 45.5 Å². The summed E-state index contributed by atoms with van der Waals surface area (Å²) >= 11 is 9.35. The first-order chi connectivity index (χ1) is 11.2. The molecule has 0 aliphatic carbocycles. The molecule has 0 N–H and O–H groups in total. The highest BCUT2D eigenvalue weighted by molar-refractivity contribution is 9.09. The summed E-state index contributed by atoms with van der Waals surface area (Å²) in [5, 5.41) is 1.42. The molecule has 0 unspecified atom stereocenters. The van der Waals surface area contributed by atoms with E-state index in [-0.39, 0.29) is 5.78 Å². The highest BCUT2D eigenvalue weighted by Gasteiger charge is 1.96.